The third kappa shape index (κ3) is 6.52. The van der Waals surface area contributed by atoms with Crippen molar-refractivity contribution in [2.75, 3.05) is 0 Å². The Morgan fingerprint density at radius 3 is 1.44 bits per heavy atom. The van der Waals surface area contributed by atoms with Crippen LogP contribution in [0.5, 0.6) is 0 Å². The summed E-state index contributed by atoms with van der Waals surface area (Å²) >= 11 is 0. The van der Waals surface area contributed by atoms with E-state index in [-0.39, 0.29) is 5.54 Å². The van der Waals surface area contributed by atoms with Crippen molar-refractivity contribution >= 4 is 0 Å². The molecule has 0 aromatic heterocycles. The van der Waals surface area contributed by atoms with Gasteiger partial charge in [-0.2, -0.15) is 0 Å². The number of nitrogens with one attached hydrogen (secondary N) is 1. The molecule has 0 fully saturated rings. The van der Waals surface area contributed by atoms with Crippen LogP contribution in [0.25, 0.3) is 0 Å². The largest absolute Gasteiger partial charge is 0.307 e. The minimum absolute atomic E-state index is 0.212. The summed E-state index contributed by atoms with van der Waals surface area (Å²) in [4.78, 5) is 0. The Kier molecular flexibility index (Phi) is 5.52. The Bertz CT molecular complexity index is 188. The van der Waals surface area contributed by atoms with Crippen molar-refractivity contribution in [2.45, 2.75) is 92.2 Å². The lowest BCUT2D eigenvalue weighted by Gasteiger charge is -2.41. The van der Waals surface area contributed by atoms with Crippen molar-refractivity contribution in [2.24, 2.45) is 5.41 Å². The third-order valence-electron chi connectivity index (χ3n) is 3.35. The Balaban J connectivity index is 4.57. The zero-order chi connectivity index (χ0) is 13.0. The lowest BCUT2D eigenvalue weighted by molar-refractivity contribution is 0.184. The SMILES string of the molecule is CCC(CC)(CCC(C)(C)C)NC(C)(C)C. The number of hydrogen-bond acceptors (Lipinski definition) is 1. The normalized spacial score (nSPS) is 14.2. The predicted octanol–water partition coefficient (Wildman–Crippen LogP) is 4.76. The van der Waals surface area contributed by atoms with Gasteiger partial charge in [0.05, 0.1) is 0 Å². The average molecular weight is 227 g/mol. The molecular weight excluding hydrogens is 194 g/mol. The van der Waals surface area contributed by atoms with Crippen LogP contribution in [-0.2, 0) is 0 Å². The summed E-state index contributed by atoms with van der Waals surface area (Å²) in [6.45, 7) is 18.4. The van der Waals surface area contributed by atoms with Gasteiger partial charge in [-0.1, -0.05) is 34.6 Å². The minimum Gasteiger partial charge on any atom is -0.307 e. The molecule has 0 atom stereocenters. The van der Waals surface area contributed by atoms with Crippen molar-refractivity contribution in [3.8, 4) is 0 Å². The first kappa shape index (κ1) is 16.0. The first-order chi connectivity index (χ1) is 7.04. The van der Waals surface area contributed by atoms with E-state index in [2.05, 4.69) is 60.7 Å². The molecule has 1 heteroatoms. The van der Waals surface area contributed by atoms with E-state index in [0.717, 1.165) is 0 Å². The molecule has 0 saturated carbocycles. The van der Waals surface area contributed by atoms with E-state index < -0.39 is 0 Å². The van der Waals surface area contributed by atoms with E-state index in [1.807, 2.05) is 0 Å². The van der Waals surface area contributed by atoms with E-state index >= 15 is 0 Å². The zero-order valence-electron chi connectivity index (χ0n) is 12.8. The van der Waals surface area contributed by atoms with E-state index in [1.165, 1.54) is 25.7 Å². The lowest BCUT2D eigenvalue weighted by Crippen LogP contribution is -2.53. The van der Waals surface area contributed by atoms with Gasteiger partial charge in [0.1, 0.15) is 0 Å². The van der Waals surface area contributed by atoms with Gasteiger partial charge >= 0.3 is 0 Å². The first-order valence-electron chi connectivity index (χ1n) is 6.83. The van der Waals surface area contributed by atoms with Crippen LogP contribution in [0, 0.1) is 5.41 Å². The molecule has 0 aliphatic heterocycles. The molecule has 0 saturated heterocycles. The summed E-state index contributed by atoms with van der Waals surface area (Å²) in [5.41, 5.74) is 0.977. The lowest BCUT2D eigenvalue weighted by atomic mass is 9.79. The van der Waals surface area contributed by atoms with Crippen LogP contribution >= 0.6 is 0 Å². The molecule has 0 aromatic rings. The molecule has 0 aliphatic carbocycles. The Labute approximate surface area is 103 Å². The fraction of sp³-hybridized carbons (Fsp3) is 1.00. The molecule has 0 heterocycles. The topological polar surface area (TPSA) is 12.0 Å². The van der Waals surface area contributed by atoms with Gasteiger partial charge in [0.2, 0.25) is 0 Å². The maximum Gasteiger partial charge on any atom is 0.0181 e. The Morgan fingerprint density at radius 1 is 0.750 bits per heavy atom. The molecule has 0 aliphatic rings. The molecule has 0 radical (unpaired) electrons. The van der Waals surface area contributed by atoms with Crippen LogP contribution < -0.4 is 5.32 Å². The van der Waals surface area contributed by atoms with E-state index in [9.17, 15) is 0 Å². The highest BCUT2D eigenvalue weighted by Gasteiger charge is 2.31. The van der Waals surface area contributed by atoms with E-state index in [1.54, 1.807) is 0 Å². The van der Waals surface area contributed by atoms with Crippen LogP contribution in [0.1, 0.15) is 81.1 Å². The van der Waals surface area contributed by atoms with Gasteiger partial charge in [-0.15, -0.1) is 0 Å². The van der Waals surface area contributed by atoms with Gasteiger partial charge in [-0.25, -0.2) is 0 Å². The Morgan fingerprint density at radius 2 is 1.19 bits per heavy atom. The van der Waals surface area contributed by atoms with Crippen LogP contribution in [0.2, 0.25) is 0 Å². The molecule has 0 aromatic carbocycles. The Hall–Kier alpha value is -0.0400. The summed E-state index contributed by atoms with van der Waals surface area (Å²) in [5, 5.41) is 3.84. The second-order valence-electron chi connectivity index (χ2n) is 7.42. The maximum absolute atomic E-state index is 3.84. The standard InChI is InChI=1S/C15H33N/c1-9-15(10-2,16-14(6,7)8)12-11-13(3,4)5/h16H,9-12H2,1-8H3. The molecule has 98 valence electrons. The van der Waals surface area contributed by atoms with Gasteiger partial charge in [0.25, 0.3) is 0 Å². The summed E-state index contributed by atoms with van der Waals surface area (Å²) in [7, 11) is 0. The van der Waals surface area contributed by atoms with Gasteiger partial charge in [0, 0.05) is 11.1 Å². The monoisotopic (exact) mass is 227 g/mol. The van der Waals surface area contributed by atoms with Gasteiger partial charge in [-0.3, -0.25) is 0 Å². The highest BCUT2D eigenvalue weighted by atomic mass is 15.0. The molecule has 1 nitrogen and oxygen atoms in total. The van der Waals surface area contributed by atoms with Crippen molar-refractivity contribution in [1.82, 2.24) is 5.32 Å². The van der Waals surface area contributed by atoms with Crippen LogP contribution in [0.15, 0.2) is 0 Å². The zero-order valence-corrected chi connectivity index (χ0v) is 12.8. The van der Waals surface area contributed by atoms with E-state index in [4.69, 9.17) is 0 Å². The summed E-state index contributed by atoms with van der Waals surface area (Å²) in [6, 6.07) is 0. The summed E-state index contributed by atoms with van der Waals surface area (Å²) in [5.74, 6) is 0. The predicted molar refractivity (Wildman–Crippen MR) is 74.9 cm³/mol. The summed E-state index contributed by atoms with van der Waals surface area (Å²) < 4.78 is 0. The quantitative estimate of drug-likeness (QED) is 0.714. The smallest absolute Gasteiger partial charge is 0.0181 e. The van der Waals surface area contributed by atoms with Crippen molar-refractivity contribution in [3.63, 3.8) is 0 Å². The molecular formula is C15H33N. The number of rotatable bonds is 5. The van der Waals surface area contributed by atoms with Crippen molar-refractivity contribution < 1.29 is 0 Å². The van der Waals surface area contributed by atoms with Crippen LogP contribution in [0.4, 0.5) is 0 Å². The van der Waals surface area contributed by atoms with Gasteiger partial charge < -0.3 is 5.32 Å². The molecule has 0 amide bonds. The van der Waals surface area contributed by atoms with Crippen LogP contribution in [-0.4, -0.2) is 11.1 Å². The minimum atomic E-state index is 0.212. The second-order valence-corrected chi connectivity index (χ2v) is 7.42. The van der Waals surface area contributed by atoms with E-state index in [0.29, 0.717) is 11.0 Å². The summed E-state index contributed by atoms with van der Waals surface area (Å²) in [6.07, 6.45) is 5.01. The average Bonchev–Trinajstić information content (AvgIpc) is 2.09. The molecule has 0 spiro atoms. The van der Waals surface area contributed by atoms with Gasteiger partial charge in [0.15, 0.2) is 0 Å². The second kappa shape index (κ2) is 5.53. The molecule has 0 unspecified atom stereocenters. The highest BCUT2D eigenvalue weighted by Crippen LogP contribution is 2.31. The fourth-order valence-electron chi connectivity index (χ4n) is 2.25. The van der Waals surface area contributed by atoms with Gasteiger partial charge in [-0.05, 0) is 51.9 Å². The van der Waals surface area contributed by atoms with Crippen molar-refractivity contribution in [3.05, 3.63) is 0 Å². The molecule has 0 bridgehead atoms. The van der Waals surface area contributed by atoms with Crippen LogP contribution in [0.3, 0.4) is 0 Å². The molecule has 0 rings (SSSR count). The first-order valence-corrected chi connectivity index (χ1v) is 6.83. The van der Waals surface area contributed by atoms with Crippen molar-refractivity contribution in [1.29, 1.82) is 0 Å². The molecule has 1 N–H and O–H groups in total. The third-order valence-corrected chi connectivity index (χ3v) is 3.35. The fourth-order valence-corrected chi connectivity index (χ4v) is 2.25. The maximum atomic E-state index is 3.84. The number of hydrogen-bond donors (Lipinski definition) is 1. The highest BCUT2D eigenvalue weighted by molar-refractivity contribution is 4.91. The molecule has 16 heavy (non-hydrogen) atoms.